The lowest BCUT2D eigenvalue weighted by Gasteiger charge is -2.10. The molecule has 1 amide bonds. The van der Waals surface area contributed by atoms with Crippen molar-refractivity contribution < 1.29 is 9.53 Å². The zero-order valence-corrected chi connectivity index (χ0v) is 12.3. The van der Waals surface area contributed by atoms with Crippen LogP contribution in [0.1, 0.15) is 42.2 Å². The molecule has 0 aliphatic heterocycles. The van der Waals surface area contributed by atoms with Crippen LogP contribution in [0.5, 0.6) is 5.75 Å². The highest BCUT2D eigenvalue weighted by Gasteiger charge is 2.16. The van der Waals surface area contributed by atoms with Gasteiger partial charge >= 0.3 is 0 Å². The number of amides is 1. The topological polar surface area (TPSA) is 93.9 Å². The second kappa shape index (κ2) is 6.88. The molecule has 0 radical (unpaired) electrons. The second-order valence-electron chi connectivity index (χ2n) is 4.92. The highest BCUT2D eigenvalue weighted by Crippen LogP contribution is 2.27. The molecule has 0 atom stereocenters. The minimum absolute atomic E-state index is 0.135. The minimum Gasteiger partial charge on any atom is -0.493 e. The second-order valence-corrected chi connectivity index (χ2v) is 4.92. The van der Waals surface area contributed by atoms with Crippen LogP contribution in [0.3, 0.4) is 0 Å². The summed E-state index contributed by atoms with van der Waals surface area (Å²) in [7, 11) is 0. The van der Waals surface area contributed by atoms with Crippen LogP contribution in [0, 0.1) is 6.92 Å². The number of rotatable bonds is 7. The van der Waals surface area contributed by atoms with Crippen molar-refractivity contribution in [1.82, 2.24) is 15.4 Å². The fourth-order valence-corrected chi connectivity index (χ4v) is 2.04. The van der Waals surface area contributed by atoms with Crippen molar-refractivity contribution >= 4 is 5.91 Å². The third-order valence-corrected chi connectivity index (χ3v) is 3.25. The molecule has 0 aliphatic rings. The number of nitrogens with two attached hydrogens (primary N) is 1. The highest BCUT2D eigenvalue weighted by molar-refractivity contribution is 5.96. The van der Waals surface area contributed by atoms with Gasteiger partial charge in [0.2, 0.25) is 0 Å². The van der Waals surface area contributed by atoms with Crippen molar-refractivity contribution in [2.24, 2.45) is 5.73 Å². The fourth-order valence-electron chi connectivity index (χ4n) is 2.04. The molecule has 6 heteroatoms. The first-order chi connectivity index (χ1) is 10.1. The summed E-state index contributed by atoms with van der Waals surface area (Å²) >= 11 is 0. The van der Waals surface area contributed by atoms with Crippen molar-refractivity contribution in [2.75, 3.05) is 6.61 Å². The molecular weight excluding hydrogens is 268 g/mol. The van der Waals surface area contributed by atoms with Gasteiger partial charge in [0.05, 0.1) is 6.61 Å². The number of nitrogens with zero attached hydrogens (tertiary/aromatic N) is 2. The van der Waals surface area contributed by atoms with Crippen LogP contribution in [0.4, 0.5) is 0 Å². The van der Waals surface area contributed by atoms with Crippen LogP contribution in [-0.2, 0) is 0 Å². The summed E-state index contributed by atoms with van der Waals surface area (Å²) in [5.41, 5.74) is 7.66. The Morgan fingerprint density at radius 2 is 2.14 bits per heavy atom. The number of primary amides is 1. The van der Waals surface area contributed by atoms with Crippen LogP contribution >= 0.6 is 0 Å². The van der Waals surface area contributed by atoms with Gasteiger partial charge in [-0.3, -0.25) is 4.79 Å². The van der Waals surface area contributed by atoms with E-state index in [1.807, 2.05) is 25.1 Å². The first kappa shape index (κ1) is 15.0. The minimum atomic E-state index is -0.607. The summed E-state index contributed by atoms with van der Waals surface area (Å²) in [6.07, 6.45) is 3.33. The summed E-state index contributed by atoms with van der Waals surface area (Å²) < 4.78 is 5.80. The average Bonchev–Trinajstić information content (AvgIpc) is 2.95. The van der Waals surface area contributed by atoms with E-state index in [1.54, 1.807) is 0 Å². The fraction of sp³-hybridized carbons (Fsp3) is 0.400. The zero-order valence-electron chi connectivity index (χ0n) is 12.3. The van der Waals surface area contributed by atoms with Gasteiger partial charge in [-0.2, -0.15) is 15.4 Å². The van der Waals surface area contributed by atoms with Crippen molar-refractivity contribution in [1.29, 1.82) is 0 Å². The van der Waals surface area contributed by atoms with Gasteiger partial charge in [0.1, 0.15) is 11.4 Å². The standard InChI is InChI=1S/C15H20N4O2/c1-3-4-5-8-21-12-9-11(7-6-10(12)2)13-14(15(16)20)18-19-17-13/h6-7,9H,3-5,8H2,1-2H3,(H2,16,20)(H,17,18,19). The third kappa shape index (κ3) is 3.59. The van der Waals surface area contributed by atoms with E-state index < -0.39 is 5.91 Å². The van der Waals surface area contributed by atoms with E-state index in [9.17, 15) is 4.79 Å². The zero-order chi connectivity index (χ0) is 15.2. The Bertz CT molecular complexity index is 622. The maximum Gasteiger partial charge on any atom is 0.271 e. The van der Waals surface area contributed by atoms with Crippen LogP contribution in [0.15, 0.2) is 18.2 Å². The molecule has 1 aromatic carbocycles. The van der Waals surface area contributed by atoms with Gasteiger partial charge in [0, 0.05) is 5.56 Å². The number of aromatic amines is 1. The van der Waals surface area contributed by atoms with Gasteiger partial charge in [-0.15, -0.1) is 0 Å². The quantitative estimate of drug-likeness (QED) is 0.765. The first-order valence-electron chi connectivity index (χ1n) is 7.08. The average molecular weight is 288 g/mol. The summed E-state index contributed by atoms with van der Waals surface area (Å²) in [6.45, 7) is 4.82. The van der Waals surface area contributed by atoms with Gasteiger partial charge in [-0.1, -0.05) is 31.9 Å². The van der Waals surface area contributed by atoms with Crippen LogP contribution in [-0.4, -0.2) is 27.9 Å². The van der Waals surface area contributed by atoms with E-state index in [1.165, 1.54) is 0 Å². The van der Waals surface area contributed by atoms with Gasteiger partial charge in [-0.25, -0.2) is 0 Å². The Balaban J connectivity index is 2.21. The van der Waals surface area contributed by atoms with Gasteiger partial charge in [-0.05, 0) is 25.0 Å². The van der Waals surface area contributed by atoms with Crippen molar-refractivity contribution in [2.45, 2.75) is 33.1 Å². The van der Waals surface area contributed by atoms with E-state index in [2.05, 4.69) is 22.3 Å². The molecule has 3 N–H and O–H groups in total. The summed E-state index contributed by atoms with van der Waals surface area (Å²) in [5, 5.41) is 10.2. The van der Waals surface area contributed by atoms with Crippen LogP contribution < -0.4 is 10.5 Å². The molecule has 0 aliphatic carbocycles. The molecule has 1 heterocycles. The highest BCUT2D eigenvalue weighted by atomic mass is 16.5. The van der Waals surface area contributed by atoms with E-state index >= 15 is 0 Å². The number of carbonyl (C=O) groups is 1. The maximum atomic E-state index is 11.3. The summed E-state index contributed by atoms with van der Waals surface area (Å²) in [5.74, 6) is 0.187. The number of nitrogens with one attached hydrogen (secondary N) is 1. The maximum absolute atomic E-state index is 11.3. The molecule has 6 nitrogen and oxygen atoms in total. The molecule has 0 saturated heterocycles. The van der Waals surface area contributed by atoms with E-state index in [-0.39, 0.29) is 5.69 Å². The number of hydrogen-bond donors (Lipinski definition) is 2. The normalized spacial score (nSPS) is 10.6. The molecule has 112 valence electrons. The van der Waals surface area contributed by atoms with Gasteiger partial charge in [0.15, 0.2) is 5.69 Å². The van der Waals surface area contributed by atoms with E-state index in [4.69, 9.17) is 10.5 Å². The van der Waals surface area contributed by atoms with Gasteiger partial charge < -0.3 is 10.5 Å². The third-order valence-electron chi connectivity index (χ3n) is 3.25. The molecule has 0 saturated carbocycles. The van der Waals surface area contributed by atoms with Crippen molar-refractivity contribution in [3.63, 3.8) is 0 Å². The molecule has 0 unspecified atom stereocenters. The first-order valence-corrected chi connectivity index (χ1v) is 7.08. The molecular formula is C15H20N4O2. The monoisotopic (exact) mass is 288 g/mol. The smallest absolute Gasteiger partial charge is 0.271 e. The Labute approximate surface area is 123 Å². The van der Waals surface area contributed by atoms with Crippen molar-refractivity contribution in [3.8, 4) is 17.0 Å². The van der Waals surface area contributed by atoms with E-state index in [0.29, 0.717) is 12.3 Å². The van der Waals surface area contributed by atoms with Crippen molar-refractivity contribution in [3.05, 3.63) is 29.5 Å². The number of hydrogen-bond acceptors (Lipinski definition) is 4. The van der Waals surface area contributed by atoms with Gasteiger partial charge in [0.25, 0.3) is 5.91 Å². The number of unbranched alkanes of at least 4 members (excludes halogenated alkanes) is 2. The molecule has 0 fully saturated rings. The number of aromatic nitrogens is 3. The summed E-state index contributed by atoms with van der Waals surface area (Å²) in [6, 6.07) is 5.67. The lowest BCUT2D eigenvalue weighted by atomic mass is 10.1. The molecule has 2 rings (SSSR count). The number of H-pyrrole nitrogens is 1. The van der Waals surface area contributed by atoms with Crippen LogP contribution in [0.25, 0.3) is 11.3 Å². The number of benzene rings is 1. The molecule has 2 aromatic rings. The summed E-state index contributed by atoms with van der Waals surface area (Å²) in [4.78, 5) is 11.3. The Hall–Kier alpha value is -2.37. The molecule has 0 bridgehead atoms. The molecule has 21 heavy (non-hydrogen) atoms. The largest absolute Gasteiger partial charge is 0.493 e. The lowest BCUT2D eigenvalue weighted by molar-refractivity contribution is 0.0996. The molecule has 0 spiro atoms. The predicted molar refractivity (Wildman–Crippen MR) is 80.1 cm³/mol. The molecule has 1 aromatic heterocycles. The predicted octanol–water partition coefficient (Wildman–Crippen LogP) is 2.45. The Morgan fingerprint density at radius 3 is 2.86 bits per heavy atom. The van der Waals surface area contributed by atoms with Crippen LogP contribution in [0.2, 0.25) is 0 Å². The lowest BCUT2D eigenvalue weighted by Crippen LogP contribution is -2.12. The number of aryl methyl sites for hydroxylation is 1. The Kier molecular flexibility index (Phi) is 4.92. The number of carbonyl (C=O) groups excluding carboxylic acids is 1. The van der Waals surface area contributed by atoms with E-state index in [0.717, 1.165) is 36.1 Å². The number of ether oxygens (including phenoxy) is 1. The SMILES string of the molecule is CCCCCOc1cc(-c2n[nH]nc2C(N)=O)ccc1C. The Morgan fingerprint density at radius 1 is 1.33 bits per heavy atom.